The molecule has 0 unspecified atom stereocenters. The van der Waals surface area contributed by atoms with Gasteiger partial charge in [-0.15, -0.1) is 0 Å². The number of anilines is 1. The van der Waals surface area contributed by atoms with Gasteiger partial charge in [-0.2, -0.15) is 0 Å². The van der Waals surface area contributed by atoms with Gasteiger partial charge in [0.05, 0.1) is 28.4 Å². The Morgan fingerprint density at radius 3 is 2.72 bits per heavy atom. The smallest absolute Gasteiger partial charge is 0.301 e. The van der Waals surface area contributed by atoms with Gasteiger partial charge in [-0.3, -0.25) is 14.5 Å². The first-order valence-electron chi connectivity index (χ1n) is 14.2. The maximum atomic E-state index is 13.8. The minimum absolute atomic E-state index is 0.0166. The number of hydrogen-bond acceptors (Lipinski definition) is 8. The number of rotatable bonds is 8. The molecule has 0 saturated carbocycles. The van der Waals surface area contributed by atoms with Crippen LogP contribution in [-0.4, -0.2) is 41.1 Å². The van der Waals surface area contributed by atoms with E-state index in [4.69, 9.17) is 19.2 Å². The first kappa shape index (κ1) is 28.5. The molecule has 1 N–H and O–H groups in total. The average Bonchev–Trinajstić information content (AvgIpc) is 3.64. The Balaban J connectivity index is 1.55. The SMILES string of the molecule is C=CCOc1ccc([C@H]2/C(=C(\O)c3ccc4c(c3)C[C@@H](C)O4)C(=O)C(=O)N2c2nc3c(C)cc(C)cc3s2)cc1OCC. The van der Waals surface area contributed by atoms with Crippen LogP contribution in [0.1, 0.15) is 47.7 Å². The summed E-state index contributed by atoms with van der Waals surface area (Å²) >= 11 is 1.34. The molecule has 2 aliphatic rings. The number of aliphatic hydroxyl groups is 1. The van der Waals surface area contributed by atoms with E-state index in [-0.39, 0.29) is 24.0 Å². The predicted octanol–water partition coefficient (Wildman–Crippen LogP) is 6.83. The number of thiazole rings is 1. The van der Waals surface area contributed by atoms with Gasteiger partial charge in [0.25, 0.3) is 5.78 Å². The number of ether oxygens (including phenoxy) is 3. The van der Waals surface area contributed by atoms with Crippen molar-refractivity contribution in [2.24, 2.45) is 0 Å². The highest BCUT2D eigenvalue weighted by Crippen LogP contribution is 2.46. The molecule has 43 heavy (non-hydrogen) atoms. The first-order valence-corrected chi connectivity index (χ1v) is 15.0. The number of fused-ring (bicyclic) bond motifs is 2. The topological polar surface area (TPSA) is 98.2 Å². The fourth-order valence-corrected chi connectivity index (χ4v) is 6.93. The molecule has 4 aromatic rings. The van der Waals surface area contributed by atoms with Crippen molar-refractivity contribution in [3.63, 3.8) is 0 Å². The summed E-state index contributed by atoms with van der Waals surface area (Å²) in [4.78, 5) is 33.8. The van der Waals surface area contributed by atoms with Crippen molar-refractivity contribution in [1.82, 2.24) is 4.98 Å². The Hall–Kier alpha value is -4.63. The monoisotopic (exact) mass is 596 g/mol. The highest BCUT2D eigenvalue weighted by molar-refractivity contribution is 7.22. The van der Waals surface area contributed by atoms with Crippen LogP contribution >= 0.6 is 11.3 Å². The molecule has 0 radical (unpaired) electrons. The molecular formula is C34H32N2O6S. The van der Waals surface area contributed by atoms with Gasteiger partial charge in [0, 0.05) is 12.0 Å². The van der Waals surface area contributed by atoms with Crippen molar-refractivity contribution in [2.75, 3.05) is 18.1 Å². The molecule has 3 heterocycles. The van der Waals surface area contributed by atoms with E-state index in [1.54, 1.807) is 36.4 Å². The molecule has 3 aromatic carbocycles. The van der Waals surface area contributed by atoms with Gasteiger partial charge in [-0.05, 0) is 86.3 Å². The van der Waals surface area contributed by atoms with Gasteiger partial charge in [-0.25, -0.2) is 4.98 Å². The minimum atomic E-state index is -0.960. The van der Waals surface area contributed by atoms with Crippen LogP contribution in [0.15, 0.2) is 66.8 Å². The summed E-state index contributed by atoms with van der Waals surface area (Å²) < 4.78 is 18.4. The summed E-state index contributed by atoms with van der Waals surface area (Å²) in [7, 11) is 0. The molecule has 2 aliphatic heterocycles. The largest absolute Gasteiger partial charge is 0.507 e. The molecular weight excluding hydrogens is 564 g/mol. The molecule has 1 saturated heterocycles. The predicted molar refractivity (Wildman–Crippen MR) is 167 cm³/mol. The van der Waals surface area contributed by atoms with Crippen molar-refractivity contribution < 1.29 is 28.9 Å². The summed E-state index contributed by atoms with van der Waals surface area (Å²) in [5, 5.41) is 12.1. The number of Topliss-reactive ketones (excluding diaryl/α,β-unsaturated/α-hetero) is 1. The molecule has 0 spiro atoms. The average molecular weight is 597 g/mol. The van der Waals surface area contributed by atoms with Crippen LogP contribution in [0.3, 0.4) is 0 Å². The van der Waals surface area contributed by atoms with Crippen molar-refractivity contribution in [3.8, 4) is 17.2 Å². The highest BCUT2D eigenvalue weighted by atomic mass is 32.1. The zero-order chi connectivity index (χ0) is 30.4. The number of amides is 1. The normalized spacial score (nSPS) is 19.0. The Labute approximate surface area is 253 Å². The lowest BCUT2D eigenvalue weighted by Gasteiger charge is -2.24. The Bertz CT molecular complexity index is 1820. The van der Waals surface area contributed by atoms with E-state index in [1.807, 2.05) is 45.9 Å². The van der Waals surface area contributed by atoms with E-state index in [1.165, 1.54) is 16.2 Å². The molecule has 8 nitrogen and oxygen atoms in total. The number of aryl methyl sites for hydroxylation is 2. The fourth-order valence-electron chi connectivity index (χ4n) is 5.76. The maximum absolute atomic E-state index is 13.8. The van der Waals surface area contributed by atoms with Crippen LogP contribution < -0.4 is 19.1 Å². The molecule has 1 fully saturated rings. The Kier molecular flexibility index (Phi) is 7.43. The number of carbonyl (C=O) groups excluding carboxylic acids is 2. The van der Waals surface area contributed by atoms with Gasteiger partial charge in [0.15, 0.2) is 16.6 Å². The number of aliphatic hydroxyl groups excluding tert-OH is 1. The molecule has 220 valence electrons. The lowest BCUT2D eigenvalue weighted by Crippen LogP contribution is -2.29. The van der Waals surface area contributed by atoms with Crippen LogP contribution in [0.25, 0.3) is 16.0 Å². The molecule has 0 aliphatic carbocycles. The van der Waals surface area contributed by atoms with E-state index < -0.39 is 17.7 Å². The number of benzene rings is 3. The molecule has 6 rings (SSSR count). The van der Waals surface area contributed by atoms with Gasteiger partial charge in [0.1, 0.15) is 24.2 Å². The van der Waals surface area contributed by atoms with E-state index in [9.17, 15) is 14.7 Å². The molecule has 0 bridgehead atoms. The Morgan fingerprint density at radius 1 is 1.14 bits per heavy atom. The molecule has 2 atom stereocenters. The first-order chi connectivity index (χ1) is 20.7. The van der Waals surface area contributed by atoms with E-state index in [0.717, 1.165) is 32.7 Å². The fraction of sp³-hybridized carbons (Fsp3) is 0.265. The van der Waals surface area contributed by atoms with E-state index in [2.05, 4.69) is 6.58 Å². The molecule has 1 aromatic heterocycles. The Morgan fingerprint density at radius 2 is 1.95 bits per heavy atom. The number of hydrogen-bond donors (Lipinski definition) is 1. The second-order valence-electron chi connectivity index (χ2n) is 10.8. The zero-order valence-corrected chi connectivity index (χ0v) is 25.3. The third-order valence-corrected chi connectivity index (χ3v) is 8.58. The zero-order valence-electron chi connectivity index (χ0n) is 24.5. The quantitative estimate of drug-likeness (QED) is 0.103. The van der Waals surface area contributed by atoms with Crippen molar-refractivity contribution in [1.29, 1.82) is 0 Å². The maximum Gasteiger partial charge on any atom is 0.301 e. The minimum Gasteiger partial charge on any atom is -0.507 e. The van der Waals surface area contributed by atoms with Crippen LogP contribution in [0.2, 0.25) is 0 Å². The van der Waals surface area contributed by atoms with Gasteiger partial charge in [0.2, 0.25) is 0 Å². The molecule has 1 amide bonds. The number of carbonyl (C=O) groups is 2. The summed E-state index contributed by atoms with van der Waals surface area (Å²) in [6.45, 7) is 12.2. The van der Waals surface area contributed by atoms with E-state index >= 15 is 0 Å². The second-order valence-corrected chi connectivity index (χ2v) is 11.8. The number of aromatic nitrogens is 1. The van der Waals surface area contributed by atoms with Crippen LogP contribution in [0.5, 0.6) is 17.2 Å². The lowest BCUT2D eigenvalue weighted by atomic mass is 9.94. The van der Waals surface area contributed by atoms with E-state index in [0.29, 0.717) is 40.8 Å². The van der Waals surface area contributed by atoms with Crippen LogP contribution in [-0.2, 0) is 16.0 Å². The summed E-state index contributed by atoms with van der Waals surface area (Å²) in [5.74, 6) is -0.107. The number of nitrogens with zero attached hydrogens (tertiary/aromatic N) is 2. The van der Waals surface area contributed by atoms with Crippen molar-refractivity contribution in [2.45, 2.75) is 46.3 Å². The number of ketones is 1. The second kappa shape index (κ2) is 11.2. The van der Waals surface area contributed by atoms with Gasteiger partial charge < -0.3 is 19.3 Å². The standard InChI is InChI=1S/C34H32N2O6S/c1-6-12-41-25-11-8-21(17-26(25)40-7-2)30-28(31(37)22-9-10-24-23(16-22)15-20(5)42-24)32(38)33(39)36(30)34-35-29-19(4)13-18(3)14-27(29)43-34/h6,8-11,13-14,16-17,20,30,37H,1,7,12,15H2,2-5H3/b31-28+/t20-,30+/m1/s1. The van der Waals surface area contributed by atoms with Crippen LogP contribution in [0, 0.1) is 13.8 Å². The van der Waals surface area contributed by atoms with Crippen molar-refractivity contribution in [3.05, 3.63) is 94.6 Å². The third kappa shape index (κ3) is 5.03. The van der Waals surface area contributed by atoms with Gasteiger partial charge >= 0.3 is 5.91 Å². The molecule has 9 heteroatoms. The van der Waals surface area contributed by atoms with Crippen molar-refractivity contribution >= 4 is 44.1 Å². The summed E-state index contributed by atoms with van der Waals surface area (Å²) in [5.41, 5.74) is 4.73. The summed E-state index contributed by atoms with van der Waals surface area (Å²) in [6, 6.07) is 13.7. The lowest BCUT2D eigenvalue weighted by molar-refractivity contribution is -0.132. The van der Waals surface area contributed by atoms with Crippen LogP contribution in [0.4, 0.5) is 5.13 Å². The summed E-state index contributed by atoms with van der Waals surface area (Å²) in [6.07, 6.45) is 2.34. The third-order valence-electron chi connectivity index (χ3n) is 7.58. The van der Waals surface area contributed by atoms with Gasteiger partial charge in [-0.1, -0.05) is 36.1 Å². The highest BCUT2D eigenvalue weighted by Gasteiger charge is 2.48.